The molecule has 1 fully saturated rings. The van der Waals surface area contributed by atoms with Crippen LogP contribution in [0.15, 0.2) is 30.3 Å². The van der Waals surface area contributed by atoms with Gasteiger partial charge in [-0.1, -0.05) is 36.8 Å². The molecule has 0 bridgehead atoms. The Hall–Kier alpha value is -1.88. The minimum atomic E-state index is -0.579. The predicted octanol–water partition coefficient (Wildman–Crippen LogP) is 3.56. The second kappa shape index (κ2) is 9.17. The third kappa shape index (κ3) is 6.13. The van der Waals surface area contributed by atoms with Gasteiger partial charge in [-0.05, 0) is 45.7 Å². The van der Waals surface area contributed by atoms with Gasteiger partial charge in [-0.15, -0.1) is 0 Å². The van der Waals surface area contributed by atoms with Crippen molar-refractivity contribution in [3.8, 4) is 0 Å². The van der Waals surface area contributed by atoms with Gasteiger partial charge in [0.1, 0.15) is 5.60 Å². The van der Waals surface area contributed by atoms with E-state index in [9.17, 15) is 9.59 Å². The van der Waals surface area contributed by atoms with Crippen LogP contribution >= 0.6 is 0 Å². The molecule has 0 saturated carbocycles. The van der Waals surface area contributed by atoms with Gasteiger partial charge in [0.25, 0.3) is 0 Å². The van der Waals surface area contributed by atoms with Gasteiger partial charge in [0.15, 0.2) is 0 Å². The molecule has 1 aromatic carbocycles. The molecule has 1 aromatic rings. The SMILES string of the molecule is COC(=O)C[C@@H](C(=O)OC(C)(C)C)[C@H]1CCCCN1Cc1ccccc1. The van der Waals surface area contributed by atoms with Crippen LogP contribution in [0.3, 0.4) is 0 Å². The molecular formula is C21H31NO4. The molecule has 0 N–H and O–H groups in total. The molecule has 0 unspecified atom stereocenters. The quantitative estimate of drug-likeness (QED) is 0.725. The number of esters is 2. The zero-order valence-corrected chi connectivity index (χ0v) is 16.4. The highest BCUT2D eigenvalue weighted by molar-refractivity contribution is 5.80. The highest BCUT2D eigenvalue weighted by Crippen LogP contribution is 2.29. The summed E-state index contributed by atoms with van der Waals surface area (Å²) in [5.74, 6) is -1.19. The molecule has 0 aromatic heterocycles. The minimum absolute atomic E-state index is 0.0158. The van der Waals surface area contributed by atoms with E-state index >= 15 is 0 Å². The van der Waals surface area contributed by atoms with Crippen molar-refractivity contribution in [1.82, 2.24) is 4.90 Å². The summed E-state index contributed by atoms with van der Waals surface area (Å²) in [6.45, 7) is 7.24. The van der Waals surface area contributed by atoms with Crippen LogP contribution in [-0.2, 0) is 25.6 Å². The van der Waals surface area contributed by atoms with E-state index in [4.69, 9.17) is 9.47 Å². The van der Waals surface area contributed by atoms with Gasteiger partial charge in [0.05, 0.1) is 19.4 Å². The number of methoxy groups -OCH3 is 1. The van der Waals surface area contributed by atoms with Crippen LogP contribution in [-0.4, -0.2) is 42.1 Å². The molecule has 5 heteroatoms. The summed E-state index contributed by atoms with van der Waals surface area (Å²) in [5.41, 5.74) is 0.630. The Labute approximate surface area is 156 Å². The number of ether oxygens (including phenoxy) is 2. The lowest BCUT2D eigenvalue weighted by Gasteiger charge is -2.40. The zero-order valence-electron chi connectivity index (χ0n) is 16.4. The number of carbonyl (C=O) groups is 2. The number of likely N-dealkylation sites (tertiary alicyclic amines) is 1. The van der Waals surface area contributed by atoms with Gasteiger partial charge in [-0.2, -0.15) is 0 Å². The summed E-state index contributed by atoms with van der Waals surface area (Å²) in [5, 5.41) is 0. The van der Waals surface area contributed by atoms with E-state index < -0.39 is 11.5 Å². The number of benzene rings is 1. The van der Waals surface area contributed by atoms with Gasteiger partial charge in [0, 0.05) is 12.6 Å². The Balaban J connectivity index is 2.20. The minimum Gasteiger partial charge on any atom is -0.469 e. The van der Waals surface area contributed by atoms with Gasteiger partial charge >= 0.3 is 11.9 Å². The van der Waals surface area contributed by atoms with Crippen LogP contribution in [0.25, 0.3) is 0 Å². The zero-order chi connectivity index (χ0) is 19.2. The van der Waals surface area contributed by atoms with Crippen molar-refractivity contribution in [2.45, 2.75) is 64.6 Å². The largest absolute Gasteiger partial charge is 0.469 e. The molecule has 5 nitrogen and oxygen atoms in total. The third-order valence-corrected chi connectivity index (χ3v) is 4.68. The second-order valence-electron chi connectivity index (χ2n) is 7.94. The molecule has 144 valence electrons. The smallest absolute Gasteiger partial charge is 0.311 e. The third-order valence-electron chi connectivity index (χ3n) is 4.68. The molecule has 0 spiro atoms. The van der Waals surface area contributed by atoms with Crippen molar-refractivity contribution in [2.75, 3.05) is 13.7 Å². The van der Waals surface area contributed by atoms with E-state index in [0.29, 0.717) is 0 Å². The molecule has 0 amide bonds. The number of hydrogen-bond donors (Lipinski definition) is 0. The average Bonchev–Trinajstić information content (AvgIpc) is 2.59. The summed E-state index contributed by atoms with van der Waals surface area (Å²) in [6, 6.07) is 10.2. The van der Waals surface area contributed by atoms with Gasteiger partial charge in [-0.3, -0.25) is 14.5 Å². The van der Waals surface area contributed by atoms with E-state index in [2.05, 4.69) is 17.0 Å². The topological polar surface area (TPSA) is 55.8 Å². The monoisotopic (exact) mass is 361 g/mol. The van der Waals surface area contributed by atoms with Crippen molar-refractivity contribution in [3.63, 3.8) is 0 Å². The van der Waals surface area contributed by atoms with Crippen molar-refractivity contribution < 1.29 is 19.1 Å². The first kappa shape index (κ1) is 20.4. The second-order valence-corrected chi connectivity index (χ2v) is 7.94. The summed E-state index contributed by atoms with van der Waals surface area (Å²) in [4.78, 5) is 27.1. The molecule has 0 radical (unpaired) electrons. The van der Waals surface area contributed by atoms with Crippen LogP contribution in [0.1, 0.15) is 52.0 Å². The molecule has 1 aliphatic rings. The molecule has 26 heavy (non-hydrogen) atoms. The van der Waals surface area contributed by atoms with Gasteiger partial charge < -0.3 is 9.47 Å². The van der Waals surface area contributed by atoms with Crippen molar-refractivity contribution in [1.29, 1.82) is 0 Å². The molecule has 0 aliphatic carbocycles. The van der Waals surface area contributed by atoms with E-state index in [-0.39, 0.29) is 24.4 Å². The standard InChI is InChI=1S/C21H31NO4/c1-21(2,3)26-20(24)17(14-19(23)25-4)18-12-8-9-13-22(18)15-16-10-6-5-7-11-16/h5-7,10-11,17-18H,8-9,12-15H2,1-4H3/t17-,18-/m1/s1. The average molecular weight is 361 g/mol. The molecule has 1 saturated heterocycles. The van der Waals surface area contributed by atoms with Crippen LogP contribution in [0.4, 0.5) is 0 Å². The van der Waals surface area contributed by atoms with Crippen LogP contribution in [0, 0.1) is 5.92 Å². The highest BCUT2D eigenvalue weighted by Gasteiger charge is 2.38. The lowest BCUT2D eigenvalue weighted by Crippen LogP contribution is -2.48. The fourth-order valence-electron chi connectivity index (χ4n) is 3.50. The molecule has 2 rings (SSSR count). The number of rotatable bonds is 6. The van der Waals surface area contributed by atoms with Crippen LogP contribution < -0.4 is 0 Å². The van der Waals surface area contributed by atoms with Gasteiger partial charge in [-0.25, -0.2) is 0 Å². The maximum absolute atomic E-state index is 12.9. The fraction of sp³-hybridized carbons (Fsp3) is 0.619. The van der Waals surface area contributed by atoms with Crippen molar-refractivity contribution >= 4 is 11.9 Å². The van der Waals surface area contributed by atoms with Crippen LogP contribution in [0.5, 0.6) is 0 Å². The molecule has 2 atom stereocenters. The van der Waals surface area contributed by atoms with Crippen molar-refractivity contribution in [3.05, 3.63) is 35.9 Å². The van der Waals surface area contributed by atoms with Gasteiger partial charge in [0.2, 0.25) is 0 Å². The lowest BCUT2D eigenvalue weighted by molar-refractivity contribution is -0.167. The number of piperidine rings is 1. The first-order chi connectivity index (χ1) is 12.3. The Morgan fingerprint density at radius 2 is 1.88 bits per heavy atom. The fourth-order valence-corrected chi connectivity index (χ4v) is 3.50. The summed E-state index contributed by atoms with van der Waals surface area (Å²) in [6.07, 6.45) is 3.09. The summed E-state index contributed by atoms with van der Waals surface area (Å²) in [7, 11) is 1.36. The maximum Gasteiger partial charge on any atom is 0.311 e. The predicted molar refractivity (Wildman–Crippen MR) is 100 cm³/mol. The summed E-state index contributed by atoms with van der Waals surface area (Å²) >= 11 is 0. The van der Waals surface area contributed by atoms with E-state index in [1.54, 1.807) is 0 Å². The highest BCUT2D eigenvalue weighted by atomic mass is 16.6. The Morgan fingerprint density at radius 1 is 1.19 bits per heavy atom. The normalized spacial score (nSPS) is 19.6. The Kier molecular flexibility index (Phi) is 7.21. The molecular weight excluding hydrogens is 330 g/mol. The number of nitrogens with zero attached hydrogens (tertiary/aromatic N) is 1. The first-order valence-corrected chi connectivity index (χ1v) is 9.38. The Morgan fingerprint density at radius 3 is 2.50 bits per heavy atom. The Bertz CT molecular complexity index is 594. The van der Waals surface area contributed by atoms with E-state index in [0.717, 1.165) is 32.4 Å². The first-order valence-electron chi connectivity index (χ1n) is 9.38. The van der Waals surface area contributed by atoms with E-state index in [1.807, 2.05) is 39.0 Å². The van der Waals surface area contributed by atoms with Crippen molar-refractivity contribution in [2.24, 2.45) is 5.92 Å². The number of hydrogen-bond acceptors (Lipinski definition) is 5. The van der Waals surface area contributed by atoms with E-state index in [1.165, 1.54) is 12.7 Å². The molecule has 1 aliphatic heterocycles. The number of carbonyl (C=O) groups excluding carboxylic acids is 2. The molecule has 1 heterocycles. The van der Waals surface area contributed by atoms with Crippen LogP contribution in [0.2, 0.25) is 0 Å². The maximum atomic E-state index is 12.9. The summed E-state index contributed by atoms with van der Waals surface area (Å²) < 4.78 is 10.5. The lowest BCUT2D eigenvalue weighted by atomic mass is 9.87.